The van der Waals surface area contributed by atoms with Crippen molar-refractivity contribution in [2.45, 2.75) is 71.6 Å². The summed E-state index contributed by atoms with van der Waals surface area (Å²) in [5.41, 5.74) is 2.43. The largest absolute Gasteiger partial charge is 0.419 e. The topological polar surface area (TPSA) is 67.2 Å². The van der Waals surface area contributed by atoms with Gasteiger partial charge in [-0.1, -0.05) is 20.3 Å². The van der Waals surface area contributed by atoms with Crippen molar-refractivity contribution in [3.63, 3.8) is 0 Å². The van der Waals surface area contributed by atoms with E-state index in [9.17, 15) is 9.59 Å². The van der Waals surface area contributed by atoms with Crippen LogP contribution in [0, 0.1) is 39.9 Å². The van der Waals surface area contributed by atoms with E-state index < -0.39 is 5.97 Å². The van der Waals surface area contributed by atoms with E-state index in [4.69, 9.17) is 10.00 Å². The molecule has 0 aliphatic heterocycles. The van der Waals surface area contributed by atoms with Gasteiger partial charge in [0.2, 0.25) is 0 Å². The first-order chi connectivity index (χ1) is 14.9. The minimum absolute atomic E-state index is 0.0329. The molecule has 162 valence electrons. The molecule has 1 aromatic rings. The van der Waals surface area contributed by atoms with Gasteiger partial charge in [0.15, 0.2) is 11.5 Å². The average Bonchev–Trinajstić information content (AvgIpc) is 3.18. The Morgan fingerprint density at radius 2 is 1.81 bits per heavy atom. The van der Waals surface area contributed by atoms with Gasteiger partial charge in [0.05, 0.1) is 17.2 Å². The molecule has 4 aliphatic rings. The molecule has 0 amide bonds. The fraction of sp³-hybridized carbons (Fsp3) is 0.593. The summed E-state index contributed by atoms with van der Waals surface area (Å²) >= 11 is 0. The molecule has 0 bridgehead atoms. The summed E-state index contributed by atoms with van der Waals surface area (Å²) in [5.74, 6) is 1.92. The van der Waals surface area contributed by atoms with Gasteiger partial charge in [-0.3, -0.25) is 4.79 Å². The van der Waals surface area contributed by atoms with Crippen molar-refractivity contribution in [2.24, 2.45) is 28.6 Å². The molecule has 4 nitrogen and oxygen atoms in total. The number of ether oxygens (including phenoxy) is 1. The highest BCUT2D eigenvalue weighted by molar-refractivity contribution is 6.00. The maximum absolute atomic E-state index is 12.9. The zero-order valence-corrected chi connectivity index (χ0v) is 18.6. The van der Waals surface area contributed by atoms with Crippen LogP contribution < -0.4 is 0 Å². The molecular weight excluding hydrogens is 386 g/mol. The molecule has 0 heterocycles. The second-order valence-electron chi connectivity index (χ2n) is 10.7. The molecule has 3 fully saturated rings. The second-order valence-corrected chi connectivity index (χ2v) is 10.7. The number of fused-ring (bicyclic) bond motifs is 5. The third kappa shape index (κ3) is 3.16. The van der Waals surface area contributed by atoms with Gasteiger partial charge >= 0.3 is 5.97 Å². The van der Waals surface area contributed by atoms with Crippen LogP contribution in [0.25, 0.3) is 0 Å². The minimum atomic E-state index is -0.501. The van der Waals surface area contributed by atoms with Gasteiger partial charge in [0.25, 0.3) is 0 Å². The third-order valence-corrected chi connectivity index (χ3v) is 9.30. The number of carbonyl (C=O) groups excluding carboxylic acids is 2. The Morgan fingerprint density at radius 3 is 2.55 bits per heavy atom. The quantitative estimate of drug-likeness (QED) is 0.556. The summed E-state index contributed by atoms with van der Waals surface area (Å²) in [6.07, 6.45) is 9.91. The smallest absolute Gasteiger partial charge is 0.343 e. The number of carbonyl (C=O) groups is 2. The van der Waals surface area contributed by atoms with Gasteiger partial charge in [0, 0.05) is 6.42 Å². The maximum Gasteiger partial charge on any atom is 0.343 e. The SMILES string of the molecule is C[C@@]12CCC[C@H]1[C@@H]1CCC3=C(OC(=O)c4ccc(C#N)cc4)C(=O)CC[C@]3(C)[C@@H]1CC2. The van der Waals surface area contributed by atoms with Crippen molar-refractivity contribution in [2.75, 3.05) is 0 Å². The van der Waals surface area contributed by atoms with Gasteiger partial charge in [0.1, 0.15) is 0 Å². The van der Waals surface area contributed by atoms with E-state index in [1.54, 1.807) is 24.3 Å². The molecule has 0 unspecified atom stereocenters. The molecule has 5 rings (SSSR count). The van der Waals surface area contributed by atoms with Crippen LogP contribution >= 0.6 is 0 Å². The molecule has 31 heavy (non-hydrogen) atoms. The Kier molecular flexibility index (Phi) is 4.84. The van der Waals surface area contributed by atoms with E-state index >= 15 is 0 Å². The number of ketones is 1. The molecule has 0 radical (unpaired) electrons. The zero-order valence-electron chi connectivity index (χ0n) is 18.6. The molecule has 4 aliphatic carbocycles. The lowest BCUT2D eigenvalue weighted by molar-refractivity contribution is -0.122. The molecule has 0 spiro atoms. The van der Waals surface area contributed by atoms with Crippen LogP contribution in [0.15, 0.2) is 35.6 Å². The number of rotatable bonds is 2. The second kappa shape index (κ2) is 7.33. The summed E-state index contributed by atoms with van der Waals surface area (Å²) < 4.78 is 5.79. The average molecular weight is 418 g/mol. The van der Waals surface area contributed by atoms with E-state index in [0.29, 0.717) is 34.6 Å². The summed E-state index contributed by atoms with van der Waals surface area (Å²) in [4.78, 5) is 25.7. The molecular formula is C27H31NO3. The van der Waals surface area contributed by atoms with Crippen LogP contribution in [-0.4, -0.2) is 11.8 Å². The predicted molar refractivity (Wildman–Crippen MR) is 117 cm³/mol. The van der Waals surface area contributed by atoms with Gasteiger partial charge in [-0.05, 0) is 103 Å². The highest BCUT2D eigenvalue weighted by atomic mass is 16.5. The molecule has 0 aromatic heterocycles. The van der Waals surface area contributed by atoms with Gasteiger partial charge in [-0.15, -0.1) is 0 Å². The van der Waals surface area contributed by atoms with Crippen LogP contribution in [0.3, 0.4) is 0 Å². The Balaban J connectivity index is 1.45. The third-order valence-electron chi connectivity index (χ3n) is 9.30. The van der Waals surface area contributed by atoms with Crippen molar-refractivity contribution in [3.05, 3.63) is 46.7 Å². The standard InChI is InChI=1S/C27H31NO3/c1-26-13-3-4-20(26)19-9-10-22-24(23(29)12-15-27(22,2)21(19)11-14-26)31-25(30)18-7-5-17(16-28)6-8-18/h5-8,19-21H,3-4,9-15H2,1-2H3/t19-,20-,21+,26-,27+/m0/s1. The Morgan fingerprint density at radius 1 is 1.03 bits per heavy atom. The molecule has 0 N–H and O–H groups in total. The van der Waals surface area contributed by atoms with Gasteiger partial charge in [-0.2, -0.15) is 5.26 Å². The highest BCUT2D eigenvalue weighted by Crippen LogP contribution is 2.65. The van der Waals surface area contributed by atoms with Gasteiger partial charge in [-0.25, -0.2) is 4.79 Å². The normalized spacial score (nSPS) is 36.8. The van der Waals surface area contributed by atoms with Crippen LogP contribution in [0.4, 0.5) is 0 Å². The lowest BCUT2D eigenvalue weighted by Crippen LogP contribution is -2.50. The number of nitrogens with zero attached hydrogens (tertiary/aromatic N) is 1. The van der Waals surface area contributed by atoms with Crippen molar-refractivity contribution >= 4 is 11.8 Å². The number of hydrogen-bond donors (Lipinski definition) is 0. The van der Waals surface area contributed by atoms with Crippen LogP contribution in [0.2, 0.25) is 0 Å². The summed E-state index contributed by atoms with van der Waals surface area (Å²) in [6.45, 7) is 4.84. The zero-order chi connectivity index (χ0) is 21.8. The molecule has 5 atom stereocenters. The van der Waals surface area contributed by atoms with E-state index in [-0.39, 0.29) is 11.2 Å². The number of hydrogen-bond acceptors (Lipinski definition) is 4. The van der Waals surface area contributed by atoms with E-state index in [2.05, 4.69) is 19.9 Å². The number of allylic oxidation sites excluding steroid dienone is 1. The Hall–Kier alpha value is -2.41. The lowest BCUT2D eigenvalue weighted by Gasteiger charge is -2.57. The molecule has 1 aromatic carbocycles. The molecule has 4 heteroatoms. The maximum atomic E-state index is 12.9. The lowest BCUT2D eigenvalue weighted by atomic mass is 9.47. The van der Waals surface area contributed by atoms with Gasteiger partial charge < -0.3 is 4.74 Å². The van der Waals surface area contributed by atoms with E-state index in [0.717, 1.165) is 36.7 Å². The van der Waals surface area contributed by atoms with E-state index in [1.165, 1.54) is 32.1 Å². The van der Waals surface area contributed by atoms with Crippen LogP contribution in [0.1, 0.15) is 87.6 Å². The van der Waals surface area contributed by atoms with Crippen molar-refractivity contribution < 1.29 is 14.3 Å². The van der Waals surface area contributed by atoms with Crippen molar-refractivity contribution in [3.8, 4) is 6.07 Å². The first-order valence-corrected chi connectivity index (χ1v) is 11.8. The first kappa shape index (κ1) is 20.5. The van der Waals surface area contributed by atoms with E-state index in [1.807, 2.05) is 0 Å². The fourth-order valence-electron chi connectivity index (χ4n) is 7.61. The number of Topliss-reactive ketones (excluding diaryl/α,β-unsaturated/α-hetero) is 1. The van der Waals surface area contributed by atoms with Crippen LogP contribution in [-0.2, 0) is 9.53 Å². The number of esters is 1. The first-order valence-electron chi connectivity index (χ1n) is 11.8. The molecule has 3 saturated carbocycles. The number of nitriles is 1. The summed E-state index contributed by atoms with van der Waals surface area (Å²) in [6, 6.07) is 8.45. The summed E-state index contributed by atoms with van der Waals surface area (Å²) in [5, 5.41) is 8.97. The Bertz CT molecular complexity index is 1000. The van der Waals surface area contributed by atoms with Crippen LogP contribution in [0.5, 0.6) is 0 Å². The predicted octanol–water partition coefficient (Wildman–Crippen LogP) is 5.96. The Labute approximate surface area is 184 Å². The minimum Gasteiger partial charge on any atom is -0.419 e. The molecule has 0 saturated heterocycles. The highest BCUT2D eigenvalue weighted by Gasteiger charge is 2.57. The fourth-order valence-corrected chi connectivity index (χ4v) is 7.61. The monoisotopic (exact) mass is 417 g/mol. The summed E-state index contributed by atoms with van der Waals surface area (Å²) in [7, 11) is 0. The van der Waals surface area contributed by atoms with Crippen molar-refractivity contribution in [1.29, 1.82) is 5.26 Å². The van der Waals surface area contributed by atoms with Crippen molar-refractivity contribution in [1.82, 2.24) is 0 Å². The number of benzene rings is 1.